The van der Waals surface area contributed by atoms with E-state index in [9.17, 15) is 19.8 Å². The molecule has 0 aromatic heterocycles. The Morgan fingerprint density at radius 2 is 1.00 bits per heavy atom. The van der Waals surface area contributed by atoms with Crippen molar-refractivity contribution in [3.63, 3.8) is 0 Å². The molecule has 0 aliphatic rings. The molecule has 3 unspecified atom stereocenters. The molecular weight excluding hydrogens is 683 g/mol. The number of allylic oxidation sites excluding steroid dienone is 10. The van der Waals surface area contributed by atoms with Crippen molar-refractivity contribution in [2.75, 3.05) is 6.61 Å². The number of hydrogen-bond donors (Lipinski definition) is 3. The highest BCUT2D eigenvalue weighted by Crippen LogP contribution is 2.17. The van der Waals surface area contributed by atoms with Crippen LogP contribution in [0.5, 0.6) is 0 Å². The van der Waals surface area contributed by atoms with Gasteiger partial charge in [-0.05, 0) is 70.6 Å². The molecule has 0 fully saturated rings. The van der Waals surface area contributed by atoms with Crippen LogP contribution >= 0.6 is 0 Å². The Labute approximate surface area is 339 Å². The molecule has 318 valence electrons. The zero-order valence-corrected chi connectivity index (χ0v) is 36.0. The fourth-order valence-electron chi connectivity index (χ4n) is 6.67. The summed E-state index contributed by atoms with van der Waals surface area (Å²) in [6, 6.07) is -0.716. The maximum absolute atomic E-state index is 13.1. The number of amides is 1. The number of nitrogens with one attached hydrogen (secondary N) is 1. The van der Waals surface area contributed by atoms with Crippen molar-refractivity contribution in [2.24, 2.45) is 0 Å². The fourth-order valence-corrected chi connectivity index (χ4v) is 6.67. The molecule has 0 bridgehead atoms. The summed E-state index contributed by atoms with van der Waals surface area (Å²) in [6.07, 6.45) is 51.4. The summed E-state index contributed by atoms with van der Waals surface area (Å²) in [5.41, 5.74) is 0. The molecule has 55 heavy (non-hydrogen) atoms. The van der Waals surface area contributed by atoms with E-state index in [1.807, 2.05) is 30.4 Å². The first-order valence-corrected chi connectivity index (χ1v) is 23.1. The van der Waals surface area contributed by atoms with Crippen molar-refractivity contribution < 1.29 is 24.5 Å². The monoisotopic (exact) mass is 770 g/mol. The third-order valence-corrected chi connectivity index (χ3v) is 10.2. The molecule has 6 nitrogen and oxygen atoms in total. The van der Waals surface area contributed by atoms with E-state index in [1.54, 1.807) is 0 Å². The molecule has 0 spiro atoms. The lowest BCUT2D eigenvalue weighted by atomic mass is 10.0. The van der Waals surface area contributed by atoms with E-state index in [1.165, 1.54) is 83.5 Å². The van der Waals surface area contributed by atoms with Crippen molar-refractivity contribution in [3.05, 3.63) is 60.8 Å². The van der Waals surface area contributed by atoms with E-state index in [4.69, 9.17) is 4.74 Å². The molecule has 0 saturated carbocycles. The number of hydrogen-bond acceptors (Lipinski definition) is 5. The van der Waals surface area contributed by atoms with E-state index >= 15 is 0 Å². The SMILES string of the molecule is CC/C=C/C=C/C=C/C=C\CCCCCC(CC(=O)NC(CO)C(O)CCCCCCCCCCCC)OC(=O)CCCCC/C=C\CCCCCCCC. The van der Waals surface area contributed by atoms with E-state index in [2.05, 4.69) is 56.5 Å². The predicted molar refractivity (Wildman–Crippen MR) is 236 cm³/mol. The topological polar surface area (TPSA) is 95.9 Å². The second-order valence-electron chi connectivity index (χ2n) is 15.5. The van der Waals surface area contributed by atoms with Gasteiger partial charge in [-0.3, -0.25) is 9.59 Å². The minimum atomic E-state index is -0.800. The van der Waals surface area contributed by atoms with Crippen LogP contribution < -0.4 is 5.32 Å². The summed E-state index contributed by atoms with van der Waals surface area (Å²) < 4.78 is 5.88. The quantitative estimate of drug-likeness (QED) is 0.0250. The molecule has 3 N–H and O–H groups in total. The Balaban J connectivity index is 4.71. The molecule has 6 heteroatoms. The van der Waals surface area contributed by atoms with Gasteiger partial charge >= 0.3 is 5.97 Å². The summed E-state index contributed by atoms with van der Waals surface area (Å²) >= 11 is 0. The van der Waals surface area contributed by atoms with Crippen LogP contribution in [0.3, 0.4) is 0 Å². The van der Waals surface area contributed by atoms with Gasteiger partial charge in [-0.15, -0.1) is 0 Å². The molecule has 0 aromatic rings. The molecule has 0 rings (SSSR count). The predicted octanol–water partition coefficient (Wildman–Crippen LogP) is 13.3. The number of rotatable bonds is 40. The number of aliphatic hydroxyl groups is 2. The lowest BCUT2D eigenvalue weighted by Crippen LogP contribution is -2.46. The first-order valence-electron chi connectivity index (χ1n) is 23.1. The van der Waals surface area contributed by atoms with Crippen LogP contribution in [0.1, 0.15) is 213 Å². The lowest BCUT2D eigenvalue weighted by Gasteiger charge is -2.24. The van der Waals surface area contributed by atoms with Crippen molar-refractivity contribution in [2.45, 2.75) is 232 Å². The second-order valence-corrected chi connectivity index (χ2v) is 15.5. The summed E-state index contributed by atoms with van der Waals surface area (Å²) in [6.45, 7) is 6.29. The van der Waals surface area contributed by atoms with Gasteiger partial charge in [0.05, 0.1) is 25.2 Å². The Morgan fingerprint density at radius 1 is 0.545 bits per heavy atom. The Kier molecular flexibility index (Phi) is 40.8. The molecule has 3 atom stereocenters. The van der Waals surface area contributed by atoms with Gasteiger partial charge in [0.25, 0.3) is 0 Å². The van der Waals surface area contributed by atoms with Gasteiger partial charge in [-0.25, -0.2) is 0 Å². The van der Waals surface area contributed by atoms with Crippen LogP contribution in [0.4, 0.5) is 0 Å². The third kappa shape index (κ3) is 38.2. The third-order valence-electron chi connectivity index (χ3n) is 10.2. The standard InChI is InChI=1S/C49H87NO5/c1-4-7-10-13-16-19-22-24-26-28-31-34-37-40-45(55-49(54)42-39-36-33-30-27-25-23-20-17-14-11-8-5-2)43-48(53)50-46(44-51)47(52)41-38-35-32-29-21-18-15-12-9-6-3/h7,10,13,16,19,22,24-27,45-47,51-52H,4-6,8-9,11-12,14-15,17-18,20-21,23,28-44H2,1-3H3,(H,50,53)/b10-7+,16-13+,22-19+,26-24-,27-25-. The molecule has 0 saturated heterocycles. The minimum absolute atomic E-state index is 0.0439. The van der Waals surface area contributed by atoms with Crippen LogP contribution in [-0.2, 0) is 14.3 Å². The minimum Gasteiger partial charge on any atom is -0.462 e. The average Bonchev–Trinajstić information content (AvgIpc) is 3.18. The molecule has 0 aliphatic heterocycles. The van der Waals surface area contributed by atoms with E-state index < -0.39 is 18.2 Å². The van der Waals surface area contributed by atoms with Gasteiger partial charge in [0.15, 0.2) is 0 Å². The zero-order chi connectivity index (χ0) is 40.3. The van der Waals surface area contributed by atoms with Crippen LogP contribution in [0, 0.1) is 0 Å². The molecular formula is C49H87NO5. The van der Waals surface area contributed by atoms with Gasteiger partial charge in [-0.2, -0.15) is 0 Å². The molecule has 0 heterocycles. The Hall–Kier alpha value is -2.44. The summed E-state index contributed by atoms with van der Waals surface area (Å²) in [7, 11) is 0. The Morgan fingerprint density at radius 3 is 1.56 bits per heavy atom. The Bertz CT molecular complexity index is 999. The van der Waals surface area contributed by atoms with Gasteiger partial charge < -0.3 is 20.3 Å². The van der Waals surface area contributed by atoms with Crippen LogP contribution in [-0.4, -0.2) is 46.9 Å². The number of ether oxygens (including phenoxy) is 1. The van der Waals surface area contributed by atoms with Crippen molar-refractivity contribution in [1.29, 1.82) is 0 Å². The number of carbonyl (C=O) groups is 2. The number of esters is 1. The molecule has 0 radical (unpaired) electrons. The number of carbonyl (C=O) groups excluding carboxylic acids is 2. The maximum atomic E-state index is 13.1. The summed E-state index contributed by atoms with van der Waals surface area (Å²) in [4.78, 5) is 26.0. The van der Waals surface area contributed by atoms with Crippen LogP contribution in [0.2, 0.25) is 0 Å². The highest BCUT2D eigenvalue weighted by Gasteiger charge is 2.24. The average molecular weight is 770 g/mol. The normalized spacial score (nSPS) is 13.9. The van der Waals surface area contributed by atoms with Crippen molar-refractivity contribution in [1.82, 2.24) is 5.32 Å². The lowest BCUT2D eigenvalue weighted by molar-refractivity contribution is -0.151. The van der Waals surface area contributed by atoms with E-state index in [-0.39, 0.29) is 24.9 Å². The summed E-state index contributed by atoms with van der Waals surface area (Å²) in [5.74, 6) is -0.536. The first kappa shape index (κ1) is 52.6. The molecule has 0 aromatic carbocycles. The maximum Gasteiger partial charge on any atom is 0.306 e. The number of aliphatic hydroxyl groups excluding tert-OH is 2. The second kappa shape index (κ2) is 42.7. The smallest absolute Gasteiger partial charge is 0.306 e. The van der Waals surface area contributed by atoms with Crippen LogP contribution in [0.25, 0.3) is 0 Å². The van der Waals surface area contributed by atoms with Crippen LogP contribution in [0.15, 0.2) is 60.8 Å². The fraction of sp³-hybridized carbons (Fsp3) is 0.755. The van der Waals surface area contributed by atoms with E-state index in [0.29, 0.717) is 19.3 Å². The number of unbranched alkanes of at least 4 members (excludes halogenated alkanes) is 21. The van der Waals surface area contributed by atoms with Gasteiger partial charge in [0.2, 0.25) is 5.91 Å². The molecule has 0 aliphatic carbocycles. The van der Waals surface area contributed by atoms with Crippen molar-refractivity contribution in [3.8, 4) is 0 Å². The largest absolute Gasteiger partial charge is 0.462 e. The highest BCUT2D eigenvalue weighted by atomic mass is 16.5. The van der Waals surface area contributed by atoms with Crippen molar-refractivity contribution >= 4 is 11.9 Å². The van der Waals surface area contributed by atoms with Gasteiger partial charge in [-0.1, -0.05) is 191 Å². The molecule has 1 amide bonds. The van der Waals surface area contributed by atoms with Gasteiger partial charge in [0, 0.05) is 6.42 Å². The van der Waals surface area contributed by atoms with Gasteiger partial charge in [0.1, 0.15) is 6.10 Å². The zero-order valence-electron chi connectivity index (χ0n) is 36.0. The highest BCUT2D eigenvalue weighted by molar-refractivity contribution is 5.77. The van der Waals surface area contributed by atoms with E-state index in [0.717, 1.165) is 83.5 Å². The summed E-state index contributed by atoms with van der Waals surface area (Å²) in [5, 5.41) is 23.6. The first-order chi connectivity index (χ1) is 27.0.